The fourth-order valence-corrected chi connectivity index (χ4v) is 21.9. The maximum Gasteiger partial charge on any atom is 0.338 e. The minimum atomic E-state index is -2.39. The van der Waals surface area contributed by atoms with Gasteiger partial charge in [0.25, 0.3) is 0 Å². The largest absolute Gasteiger partial charge is 0.479 e. The lowest BCUT2D eigenvalue weighted by Crippen LogP contribution is -2.77. The van der Waals surface area contributed by atoms with Crippen LogP contribution in [0.5, 0.6) is 0 Å². The quantitative estimate of drug-likeness (QED) is 0.0368. The van der Waals surface area contributed by atoms with Crippen LogP contribution in [0.15, 0.2) is 66.7 Å². The summed E-state index contributed by atoms with van der Waals surface area (Å²) in [6, 6.07) is 17.4. The number of aliphatic hydroxyl groups excluding tert-OH is 14. The summed E-state index contributed by atoms with van der Waals surface area (Å²) < 4.78 is 89.3. The molecule has 13 rings (SSSR count). The molecule has 6 aliphatic heterocycles. The summed E-state index contributed by atoms with van der Waals surface area (Å²) in [6.07, 6.45) is -49.5. The predicted octanol–water partition coefficient (Wildman–Crippen LogP) is -0.419. The van der Waals surface area contributed by atoms with E-state index < -0.39 is 265 Å². The molecule has 6 heterocycles. The molecule has 0 aromatic heterocycles. The Morgan fingerprint density at radius 1 is 0.495 bits per heavy atom. The molecule has 33 heteroatoms. The fraction of sp³-hybridized carbons (Fsp3) is 0.769. The van der Waals surface area contributed by atoms with Crippen LogP contribution in [0, 0.1) is 50.2 Å². The van der Waals surface area contributed by atoms with Gasteiger partial charge in [0, 0.05) is 29.7 Å². The molecule has 111 heavy (non-hydrogen) atoms. The normalized spacial score (nSPS) is 49.2. The second-order valence-electron chi connectivity index (χ2n) is 34.6. The predicted molar refractivity (Wildman–Crippen MR) is 375 cm³/mol. The number of aliphatic hydroxyl groups is 14. The number of esters is 3. The van der Waals surface area contributed by atoms with Crippen LogP contribution in [0.2, 0.25) is 0 Å². The van der Waals surface area contributed by atoms with Crippen molar-refractivity contribution in [3.05, 3.63) is 77.9 Å². The lowest BCUT2D eigenvalue weighted by Gasteiger charge is -2.75. The highest BCUT2D eigenvalue weighted by Gasteiger charge is 2.87. The Hall–Kier alpha value is -4.94. The summed E-state index contributed by atoms with van der Waals surface area (Å²) >= 11 is 0. The monoisotopic (exact) mass is 1570 g/mol. The van der Waals surface area contributed by atoms with Crippen LogP contribution in [0.1, 0.15) is 137 Å². The highest BCUT2D eigenvalue weighted by Crippen LogP contribution is 2.82. The van der Waals surface area contributed by atoms with E-state index in [1.54, 1.807) is 48.5 Å². The number of carboxylic acid groups (broad SMARTS) is 1. The van der Waals surface area contributed by atoms with E-state index in [9.17, 15) is 95.8 Å². The summed E-state index contributed by atoms with van der Waals surface area (Å²) in [7, 11) is 0. The summed E-state index contributed by atoms with van der Waals surface area (Å²) in [4.78, 5) is 56.4. The molecule has 620 valence electrons. The summed E-state index contributed by atoms with van der Waals surface area (Å²) in [6.45, 7) is 16.4. The average Bonchev–Trinajstić information content (AvgIpc) is 1.52. The van der Waals surface area contributed by atoms with E-state index in [4.69, 9.17) is 66.3 Å². The molecule has 6 saturated heterocycles. The Bertz CT molecular complexity index is 3650. The van der Waals surface area contributed by atoms with E-state index in [0.717, 1.165) is 0 Å². The smallest absolute Gasteiger partial charge is 0.338 e. The van der Waals surface area contributed by atoms with Crippen molar-refractivity contribution in [2.45, 2.75) is 310 Å². The number of ether oxygens (including phenoxy) is 14. The van der Waals surface area contributed by atoms with Crippen LogP contribution in [0.4, 0.5) is 0 Å². The molecule has 5 saturated carbocycles. The molecule has 0 radical (unpaired) electrons. The molecule has 1 spiro atoms. The van der Waals surface area contributed by atoms with Crippen LogP contribution >= 0.6 is 0 Å². The number of fused-ring (bicyclic) bond motifs is 4. The minimum Gasteiger partial charge on any atom is -0.479 e. The SMILES string of the molecule is CC(=O)O[C@@H]1C[C@]2(C)[C@@]3(CC[C@@H]4[C@@]5(C)CC[C@H](O[C@@H]6O[C@H](C(=O)O)[C@@H](O)[C@H](O[C@@H]7O[C@H](CO)[C@H](O)[C@H](O)[C@H]7O[C@@H]7O[C@@H](C)[C@H](O)[C@@H](O)[C@H]7O[C@@H]7O[C@@H](C)[C@H](O)[C@@H](O)[C@H]7O)[C@H]6O[C@@H]6O[C@H](CO)[C@H](O)[C@H](O)[C@H]6O)C(C)(C)[C@@H]5CC[C@]42C)OC(O)[C@]12[C@H]3CC(C)(C)[C@@H](OC(=O)c1ccccc1)[C@@H]2OC(=O)/C=C/c1ccccc1. The lowest BCUT2D eigenvalue weighted by atomic mass is 9.30. The Kier molecular flexibility index (Phi) is 23.8. The first-order valence-electron chi connectivity index (χ1n) is 38.5. The Morgan fingerprint density at radius 2 is 1.02 bits per heavy atom. The first-order valence-corrected chi connectivity index (χ1v) is 38.5. The van der Waals surface area contributed by atoms with E-state index in [1.165, 1.54) is 26.8 Å². The van der Waals surface area contributed by atoms with Gasteiger partial charge >= 0.3 is 23.9 Å². The molecule has 0 amide bonds. The highest BCUT2D eigenvalue weighted by molar-refractivity contribution is 5.90. The summed E-state index contributed by atoms with van der Waals surface area (Å²) in [5, 5.41) is 170. The van der Waals surface area contributed by atoms with Crippen molar-refractivity contribution in [3.63, 3.8) is 0 Å². The van der Waals surface area contributed by atoms with Gasteiger partial charge in [-0.3, -0.25) is 4.79 Å². The van der Waals surface area contributed by atoms with E-state index in [-0.39, 0.29) is 36.7 Å². The van der Waals surface area contributed by atoms with Crippen molar-refractivity contribution >= 4 is 30.0 Å². The highest BCUT2D eigenvalue weighted by atomic mass is 16.8. The fourth-order valence-electron chi connectivity index (χ4n) is 21.9. The standard InChI is InChI=1S/C78H110O33/c1-33-46(83)50(87)54(91)66(98-33)107-59-52(89)47(84)34(2)99-68(59)108-60-53(90)49(86)39(32-80)102-69(60)105-57-56(93)58(64(94)95)106-70(61(57)109-67-55(92)51(88)48(85)38(31-79)101-67)103-43-25-26-74(8)40(73(43,6)7)23-27-75(9)41(74)24-28-77-42-29-72(4,5)62(110-65(96)37-19-15-12-16-20-37)63(104-45(82)22-21-36-17-13-11-14-18-36)78(42,71(97)111-77)44(100-35(3)81)30-76(75,77)10/h11-22,33-34,38-44,46-63,66-71,79-80,83-93,97H,23-32H2,1-10H3,(H,94,95)/b22-21+/t33-,34-,38+,39+,40-,41+,42-,43-,44+,46-,47-,48-,49-,50+,51-,52+,53-,54+,55+,56-,57-,58-,59+,60+,61+,62-,63-,66-,67-,68-,69-,70+,71?,74-,75+,76-,77-,78+/m0/s1. The van der Waals surface area contributed by atoms with E-state index in [0.29, 0.717) is 37.7 Å². The maximum absolute atomic E-state index is 14.6. The van der Waals surface area contributed by atoms with E-state index in [1.807, 2.05) is 45.9 Å². The molecule has 1 unspecified atom stereocenters. The van der Waals surface area contributed by atoms with E-state index >= 15 is 0 Å². The van der Waals surface area contributed by atoms with Gasteiger partial charge in [0.1, 0.15) is 121 Å². The third-order valence-electron chi connectivity index (χ3n) is 27.8. The van der Waals surface area contributed by atoms with Crippen molar-refractivity contribution in [2.75, 3.05) is 13.2 Å². The summed E-state index contributed by atoms with van der Waals surface area (Å²) in [5.41, 5.74) is -6.16. The van der Waals surface area contributed by atoms with Crippen molar-refractivity contribution < 1.29 is 162 Å². The molecule has 2 aromatic rings. The molecule has 38 atom stereocenters. The molecule has 11 fully saturated rings. The first kappa shape index (κ1) is 84.0. The number of benzene rings is 2. The molecular weight excluding hydrogens is 1460 g/mol. The number of hydrogen-bond donors (Lipinski definition) is 15. The molecular formula is C78H110O33. The van der Waals surface area contributed by atoms with Gasteiger partial charge in [0.05, 0.1) is 42.7 Å². The third kappa shape index (κ3) is 14.1. The average molecular weight is 1580 g/mol. The zero-order valence-electron chi connectivity index (χ0n) is 63.6. The van der Waals surface area contributed by atoms with Crippen molar-refractivity contribution in [3.8, 4) is 0 Å². The molecule has 11 aliphatic rings. The van der Waals surface area contributed by atoms with Crippen LogP contribution in [0.3, 0.4) is 0 Å². The molecule has 33 nitrogen and oxygen atoms in total. The van der Waals surface area contributed by atoms with Gasteiger partial charge in [-0.2, -0.15) is 0 Å². The maximum atomic E-state index is 14.6. The number of carboxylic acids is 1. The van der Waals surface area contributed by atoms with E-state index in [2.05, 4.69) is 20.8 Å². The topological polar surface area (TPSA) is 501 Å². The van der Waals surface area contributed by atoms with Crippen LogP contribution in [0.25, 0.3) is 6.08 Å². The van der Waals surface area contributed by atoms with Gasteiger partial charge in [-0.1, -0.05) is 97.0 Å². The Labute approximate surface area is 641 Å². The van der Waals surface area contributed by atoms with Gasteiger partial charge in [-0.25, -0.2) is 14.4 Å². The van der Waals surface area contributed by atoms with Crippen LogP contribution in [-0.2, 0) is 80.7 Å². The number of carbonyl (C=O) groups is 4. The minimum absolute atomic E-state index is 0.110. The van der Waals surface area contributed by atoms with Crippen LogP contribution in [-0.4, -0.2) is 304 Å². The molecule has 15 N–H and O–H groups in total. The zero-order valence-corrected chi connectivity index (χ0v) is 63.6. The number of carbonyl (C=O) groups excluding carboxylic acids is 3. The van der Waals surface area contributed by atoms with Gasteiger partial charge in [-0.15, -0.1) is 0 Å². The van der Waals surface area contributed by atoms with Crippen LogP contribution < -0.4 is 0 Å². The lowest BCUT2D eigenvalue weighted by molar-refractivity contribution is -0.412. The second-order valence-corrected chi connectivity index (χ2v) is 34.6. The van der Waals surface area contributed by atoms with Gasteiger partial charge in [0.2, 0.25) is 0 Å². The number of aliphatic carboxylic acids is 1. The second kappa shape index (κ2) is 31.5. The third-order valence-corrected chi connectivity index (χ3v) is 27.8. The Morgan fingerprint density at radius 3 is 1.64 bits per heavy atom. The van der Waals surface area contributed by atoms with Crippen molar-refractivity contribution in [2.24, 2.45) is 50.2 Å². The van der Waals surface area contributed by atoms with Gasteiger partial charge in [-0.05, 0) is 117 Å². The van der Waals surface area contributed by atoms with Gasteiger partial charge in [0.15, 0.2) is 49.9 Å². The van der Waals surface area contributed by atoms with Crippen molar-refractivity contribution in [1.82, 2.24) is 0 Å². The van der Waals surface area contributed by atoms with Gasteiger partial charge < -0.3 is 143 Å². The Balaban J connectivity index is 0.824. The number of hydrogen-bond acceptors (Lipinski definition) is 32. The first-order chi connectivity index (χ1) is 52.3. The molecule has 2 aromatic carbocycles. The molecule has 2 bridgehead atoms. The number of rotatable bonds is 19. The zero-order chi connectivity index (χ0) is 80.5. The molecule has 5 aliphatic carbocycles. The summed E-state index contributed by atoms with van der Waals surface area (Å²) in [5.74, 6) is -5.09. The van der Waals surface area contributed by atoms with Crippen molar-refractivity contribution in [1.29, 1.82) is 0 Å².